The van der Waals surface area contributed by atoms with Crippen LogP contribution in [0.1, 0.15) is 18.4 Å². The number of aliphatic imine (C=N–C) groups is 1. The van der Waals surface area contributed by atoms with Crippen molar-refractivity contribution < 1.29 is 4.74 Å². The highest BCUT2D eigenvalue weighted by Crippen LogP contribution is 2.26. The van der Waals surface area contributed by atoms with Crippen molar-refractivity contribution in [2.45, 2.75) is 25.4 Å². The maximum Gasteiger partial charge on any atom is 0.193 e. The topological polar surface area (TPSA) is 40.1 Å². The molecular weight excluding hydrogens is 495 g/mol. The molecule has 0 heterocycles. The van der Waals surface area contributed by atoms with Gasteiger partial charge in [0, 0.05) is 57.9 Å². The molecule has 0 bridgehead atoms. The largest absolute Gasteiger partial charge is 0.383 e. The summed E-state index contributed by atoms with van der Waals surface area (Å²) in [5, 5.41) is 3.48. The van der Waals surface area contributed by atoms with Gasteiger partial charge in [0.05, 0.1) is 6.61 Å². The molecule has 7 heteroatoms. The predicted octanol–water partition coefficient (Wildman–Crippen LogP) is 3.19. The number of ether oxygens (including phenoxy) is 1. The number of nitrogens with one attached hydrogen (secondary N) is 1. The van der Waals surface area contributed by atoms with Gasteiger partial charge in [0.1, 0.15) is 0 Å². The number of benzene rings is 1. The molecule has 1 aliphatic rings. The number of rotatable bonds is 9. The van der Waals surface area contributed by atoms with Gasteiger partial charge in [-0.2, -0.15) is 0 Å². The fourth-order valence-electron chi connectivity index (χ4n) is 2.78. The molecular formula is C18H30BrIN4O. The summed E-state index contributed by atoms with van der Waals surface area (Å²) in [4.78, 5) is 9.07. The van der Waals surface area contributed by atoms with Crippen LogP contribution in [0.15, 0.2) is 33.7 Å². The minimum Gasteiger partial charge on any atom is -0.383 e. The molecule has 1 saturated carbocycles. The van der Waals surface area contributed by atoms with Crippen LogP contribution >= 0.6 is 39.9 Å². The van der Waals surface area contributed by atoms with Gasteiger partial charge in [-0.05, 0) is 24.5 Å². The quantitative estimate of drug-likeness (QED) is 0.306. The SMILES string of the molecule is CN=C(NCCN(CCOC)C1CC1)N(C)Cc1ccccc1Br.I. The Kier molecular flexibility index (Phi) is 11.0. The molecule has 0 saturated heterocycles. The second kappa shape index (κ2) is 12.1. The van der Waals surface area contributed by atoms with E-state index in [0.717, 1.165) is 49.3 Å². The summed E-state index contributed by atoms with van der Waals surface area (Å²) in [6.07, 6.45) is 2.64. The summed E-state index contributed by atoms with van der Waals surface area (Å²) in [6, 6.07) is 9.05. The van der Waals surface area contributed by atoms with E-state index in [2.05, 4.69) is 61.3 Å². The van der Waals surface area contributed by atoms with Gasteiger partial charge in [0.25, 0.3) is 0 Å². The van der Waals surface area contributed by atoms with Gasteiger partial charge < -0.3 is 15.0 Å². The Morgan fingerprint density at radius 2 is 2.04 bits per heavy atom. The van der Waals surface area contributed by atoms with Crippen LogP contribution in [0.2, 0.25) is 0 Å². The van der Waals surface area contributed by atoms with Gasteiger partial charge in [0.2, 0.25) is 0 Å². The molecule has 0 spiro atoms. The third kappa shape index (κ3) is 7.80. The number of hydrogen-bond donors (Lipinski definition) is 1. The fraction of sp³-hybridized carbons (Fsp3) is 0.611. The summed E-state index contributed by atoms with van der Waals surface area (Å²) in [7, 11) is 5.67. The Hall–Kier alpha value is -0.380. The second-order valence-electron chi connectivity index (χ2n) is 6.18. The van der Waals surface area contributed by atoms with Gasteiger partial charge in [-0.3, -0.25) is 9.89 Å². The van der Waals surface area contributed by atoms with E-state index < -0.39 is 0 Å². The average molecular weight is 525 g/mol. The molecule has 1 aliphatic carbocycles. The zero-order valence-corrected chi connectivity index (χ0v) is 19.3. The van der Waals surface area contributed by atoms with Gasteiger partial charge in [-0.1, -0.05) is 34.1 Å². The average Bonchev–Trinajstić information content (AvgIpc) is 3.41. The molecule has 0 aromatic heterocycles. The van der Waals surface area contributed by atoms with E-state index in [9.17, 15) is 0 Å². The molecule has 1 fully saturated rings. The maximum absolute atomic E-state index is 5.22. The Morgan fingerprint density at radius 3 is 2.64 bits per heavy atom. The minimum atomic E-state index is 0. The number of guanidine groups is 1. The van der Waals surface area contributed by atoms with E-state index in [0.29, 0.717) is 0 Å². The first-order valence-corrected chi connectivity index (χ1v) is 9.33. The van der Waals surface area contributed by atoms with Crippen molar-refractivity contribution in [1.82, 2.24) is 15.1 Å². The first kappa shape index (κ1) is 22.7. The van der Waals surface area contributed by atoms with Crippen molar-refractivity contribution >= 4 is 45.9 Å². The normalized spacial score (nSPS) is 14.4. The van der Waals surface area contributed by atoms with Crippen molar-refractivity contribution in [1.29, 1.82) is 0 Å². The van der Waals surface area contributed by atoms with Crippen molar-refractivity contribution in [2.24, 2.45) is 4.99 Å². The molecule has 0 aliphatic heterocycles. The van der Waals surface area contributed by atoms with Crippen LogP contribution in [0, 0.1) is 0 Å². The van der Waals surface area contributed by atoms with Crippen LogP contribution in [-0.2, 0) is 11.3 Å². The highest BCUT2D eigenvalue weighted by Gasteiger charge is 2.28. The Balaban J connectivity index is 0.00000312. The smallest absolute Gasteiger partial charge is 0.193 e. The van der Waals surface area contributed by atoms with Gasteiger partial charge in [-0.15, -0.1) is 24.0 Å². The van der Waals surface area contributed by atoms with E-state index in [1.165, 1.54) is 18.4 Å². The molecule has 1 aromatic rings. The molecule has 5 nitrogen and oxygen atoms in total. The lowest BCUT2D eigenvalue weighted by Crippen LogP contribution is -2.43. The highest BCUT2D eigenvalue weighted by atomic mass is 127. The minimum absolute atomic E-state index is 0. The predicted molar refractivity (Wildman–Crippen MR) is 119 cm³/mol. The molecule has 25 heavy (non-hydrogen) atoms. The Labute approximate surface area is 177 Å². The maximum atomic E-state index is 5.22. The van der Waals surface area contributed by atoms with Crippen LogP contribution in [0.5, 0.6) is 0 Å². The molecule has 0 atom stereocenters. The molecule has 1 N–H and O–H groups in total. The zero-order chi connectivity index (χ0) is 17.4. The van der Waals surface area contributed by atoms with Crippen molar-refractivity contribution in [3.63, 3.8) is 0 Å². The number of halogens is 2. The van der Waals surface area contributed by atoms with Gasteiger partial charge in [-0.25, -0.2) is 0 Å². The van der Waals surface area contributed by atoms with Gasteiger partial charge in [0.15, 0.2) is 5.96 Å². The van der Waals surface area contributed by atoms with Crippen molar-refractivity contribution in [2.75, 3.05) is 47.4 Å². The first-order chi connectivity index (χ1) is 11.7. The summed E-state index contributed by atoms with van der Waals surface area (Å²) < 4.78 is 6.35. The second-order valence-corrected chi connectivity index (χ2v) is 7.04. The van der Waals surface area contributed by atoms with Crippen molar-refractivity contribution in [3.8, 4) is 0 Å². The van der Waals surface area contributed by atoms with Crippen LogP contribution in [0.25, 0.3) is 0 Å². The summed E-state index contributed by atoms with van der Waals surface area (Å²) in [5.41, 5.74) is 1.25. The standard InChI is InChI=1S/C18H29BrN4O.HI/c1-20-18(22(2)14-15-6-4-5-7-17(15)19)21-10-11-23(12-13-24-3)16-8-9-16;/h4-7,16H,8-14H2,1-3H3,(H,20,21);1H. The highest BCUT2D eigenvalue weighted by molar-refractivity contribution is 14.0. The van der Waals surface area contributed by atoms with E-state index >= 15 is 0 Å². The molecule has 0 amide bonds. The molecule has 1 aromatic carbocycles. The summed E-state index contributed by atoms with van der Waals surface area (Å²) in [5.74, 6) is 0.924. The summed E-state index contributed by atoms with van der Waals surface area (Å²) >= 11 is 3.61. The molecule has 2 rings (SSSR count). The summed E-state index contributed by atoms with van der Waals surface area (Å²) in [6.45, 7) is 4.54. The van der Waals surface area contributed by atoms with Gasteiger partial charge >= 0.3 is 0 Å². The number of methoxy groups -OCH3 is 1. The van der Waals surface area contributed by atoms with Crippen LogP contribution < -0.4 is 5.32 Å². The molecule has 142 valence electrons. The zero-order valence-electron chi connectivity index (χ0n) is 15.4. The lowest BCUT2D eigenvalue weighted by molar-refractivity contribution is 0.144. The molecule has 0 unspecified atom stereocenters. The van der Waals surface area contributed by atoms with E-state index in [4.69, 9.17) is 4.74 Å². The Bertz CT molecular complexity index is 540. The third-order valence-electron chi connectivity index (χ3n) is 4.27. The first-order valence-electron chi connectivity index (χ1n) is 8.54. The van der Waals surface area contributed by atoms with Crippen molar-refractivity contribution in [3.05, 3.63) is 34.3 Å². The van der Waals surface area contributed by atoms with Crippen LogP contribution in [0.4, 0.5) is 0 Å². The Morgan fingerprint density at radius 1 is 1.32 bits per heavy atom. The monoisotopic (exact) mass is 524 g/mol. The van der Waals surface area contributed by atoms with E-state index in [-0.39, 0.29) is 24.0 Å². The van der Waals surface area contributed by atoms with E-state index in [1.54, 1.807) is 7.11 Å². The number of hydrogen-bond acceptors (Lipinski definition) is 3. The van der Waals surface area contributed by atoms with Crippen LogP contribution in [-0.4, -0.2) is 69.2 Å². The van der Waals surface area contributed by atoms with Crippen LogP contribution in [0.3, 0.4) is 0 Å². The molecule has 0 radical (unpaired) electrons. The number of nitrogens with zero attached hydrogens (tertiary/aromatic N) is 3. The van der Waals surface area contributed by atoms with E-state index in [1.807, 2.05) is 13.1 Å². The fourth-order valence-corrected chi connectivity index (χ4v) is 3.19. The lowest BCUT2D eigenvalue weighted by Gasteiger charge is -2.25. The lowest BCUT2D eigenvalue weighted by atomic mass is 10.2. The third-order valence-corrected chi connectivity index (χ3v) is 5.04.